The fourth-order valence-corrected chi connectivity index (χ4v) is 3.75. The lowest BCUT2D eigenvalue weighted by molar-refractivity contribution is 0.748. The smallest absolute Gasteiger partial charge is 0.0441 e. The van der Waals surface area contributed by atoms with Gasteiger partial charge in [-0.05, 0) is 58.6 Å². The highest BCUT2D eigenvalue weighted by Crippen LogP contribution is 2.28. The van der Waals surface area contributed by atoms with Crippen LogP contribution in [0.5, 0.6) is 0 Å². The van der Waals surface area contributed by atoms with E-state index in [1.807, 2.05) is 31.2 Å². The number of nitrogens with two attached hydrogens (primary N) is 1. The number of aryl methyl sites for hydroxylation is 1. The van der Waals surface area contributed by atoms with E-state index in [2.05, 4.69) is 34.1 Å². The summed E-state index contributed by atoms with van der Waals surface area (Å²) in [6.45, 7) is 2.04. The number of hydrogen-bond acceptors (Lipinski definition) is 2. The quantitative estimate of drug-likeness (QED) is 0.743. The molecule has 1 atom stereocenters. The molecule has 0 aliphatic heterocycles. The summed E-state index contributed by atoms with van der Waals surface area (Å²) in [5.41, 5.74) is 8.51. The first-order valence-corrected chi connectivity index (χ1v) is 8.60. The largest absolute Gasteiger partial charge is 0.327 e. The summed E-state index contributed by atoms with van der Waals surface area (Å²) in [5, 5.41) is 0.811. The van der Waals surface area contributed by atoms with E-state index in [0.717, 1.165) is 27.2 Å². The molecule has 0 spiro atoms. The van der Waals surface area contributed by atoms with E-state index in [4.69, 9.17) is 17.3 Å². The number of halogens is 2. The van der Waals surface area contributed by atoms with Crippen molar-refractivity contribution in [3.8, 4) is 0 Å². The van der Waals surface area contributed by atoms with Crippen molar-refractivity contribution in [3.63, 3.8) is 0 Å². The minimum Gasteiger partial charge on any atom is -0.327 e. The second-order valence-corrected chi connectivity index (χ2v) is 7.12. The van der Waals surface area contributed by atoms with E-state index < -0.39 is 0 Å². The average Bonchev–Trinajstić information content (AvgIpc) is 2.41. The molecule has 4 heteroatoms. The number of benzene rings is 2. The van der Waals surface area contributed by atoms with Crippen LogP contribution in [-0.4, -0.2) is 11.8 Å². The Labute approximate surface area is 138 Å². The number of rotatable bonds is 5. The van der Waals surface area contributed by atoms with Gasteiger partial charge in [-0.1, -0.05) is 35.9 Å². The first-order chi connectivity index (χ1) is 9.56. The molecule has 0 heterocycles. The molecule has 2 N–H and O–H groups in total. The Morgan fingerprint density at radius 2 is 2.00 bits per heavy atom. The van der Waals surface area contributed by atoms with E-state index in [9.17, 15) is 0 Å². The highest BCUT2D eigenvalue weighted by molar-refractivity contribution is 9.10. The van der Waals surface area contributed by atoms with Crippen molar-refractivity contribution in [2.45, 2.75) is 24.3 Å². The highest BCUT2D eigenvalue weighted by Gasteiger charge is 2.09. The van der Waals surface area contributed by atoms with Crippen LogP contribution in [0.1, 0.15) is 11.1 Å². The van der Waals surface area contributed by atoms with Crippen molar-refractivity contribution in [2.24, 2.45) is 5.73 Å². The third-order valence-electron chi connectivity index (χ3n) is 2.98. The van der Waals surface area contributed by atoms with Gasteiger partial charge in [-0.25, -0.2) is 0 Å². The fourth-order valence-electron chi connectivity index (χ4n) is 1.92. The zero-order chi connectivity index (χ0) is 14.5. The van der Waals surface area contributed by atoms with Gasteiger partial charge in [0.15, 0.2) is 0 Å². The van der Waals surface area contributed by atoms with Crippen LogP contribution in [0.3, 0.4) is 0 Å². The molecule has 20 heavy (non-hydrogen) atoms. The van der Waals surface area contributed by atoms with Crippen LogP contribution in [0.2, 0.25) is 5.02 Å². The van der Waals surface area contributed by atoms with Gasteiger partial charge >= 0.3 is 0 Å². The van der Waals surface area contributed by atoms with Gasteiger partial charge in [0, 0.05) is 26.2 Å². The second kappa shape index (κ2) is 7.51. The Morgan fingerprint density at radius 3 is 2.70 bits per heavy atom. The molecule has 106 valence electrons. The van der Waals surface area contributed by atoms with Crippen LogP contribution in [-0.2, 0) is 6.42 Å². The molecule has 1 unspecified atom stereocenters. The summed E-state index contributed by atoms with van der Waals surface area (Å²) < 4.78 is 1.12. The summed E-state index contributed by atoms with van der Waals surface area (Å²) in [4.78, 5) is 1.22. The zero-order valence-corrected chi connectivity index (χ0v) is 14.4. The molecule has 2 rings (SSSR count). The molecule has 0 radical (unpaired) electrons. The molecule has 0 amide bonds. The SMILES string of the molecule is Cc1ccc(CC(N)CSc2ccccc2Br)c(Cl)c1. The van der Waals surface area contributed by atoms with Gasteiger partial charge in [-0.15, -0.1) is 11.8 Å². The molecule has 0 bridgehead atoms. The molecule has 0 aromatic heterocycles. The zero-order valence-electron chi connectivity index (χ0n) is 11.3. The Kier molecular flexibility index (Phi) is 5.97. The number of thioether (sulfide) groups is 1. The van der Waals surface area contributed by atoms with Crippen molar-refractivity contribution in [3.05, 3.63) is 63.1 Å². The monoisotopic (exact) mass is 369 g/mol. The van der Waals surface area contributed by atoms with Crippen molar-refractivity contribution in [1.82, 2.24) is 0 Å². The van der Waals surface area contributed by atoms with Crippen molar-refractivity contribution in [1.29, 1.82) is 0 Å². The summed E-state index contributed by atoms with van der Waals surface area (Å²) in [6.07, 6.45) is 0.802. The lowest BCUT2D eigenvalue weighted by Crippen LogP contribution is -2.25. The lowest BCUT2D eigenvalue weighted by Gasteiger charge is -2.13. The van der Waals surface area contributed by atoms with E-state index >= 15 is 0 Å². The van der Waals surface area contributed by atoms with E-state index in [1.165, 1.54) is 10.5 Å². The molecule has 0 saturated heterocycles. The topological polar surface area (TPSA) is 26.0 Å². The Morgan fingerprint density at radius 1 is 1.25 bits per heavy atom. The molecule has 0 saturated carbocycles. The molecule has 1 nitrogen and oxygen atoms in total. The molecule has 0 aliphatic carbocycles. The van der Waals surface area contributed by atoms with E-state index in [-0.39, 0.29) is 6.04 Å². The van der Waals surface area contributed by atoms with Gasteiger partial charge in [-0.3, -0.25) is 0 Å². The summed E-state index contributed by atoms with van der Waals surface area (Å²) >= 11 is 11.6. The first-order valence-electron chi connectivity index (χ1n) is 6.44. The maximum absolute atomic E-state index is 6.25. The minimum atomic E-state index is 0.0901. The van der Waals surface area contributed by atoms with Crippen molar-refractivity contribution < 1.29 is 0 Å². The van der Waals surface area contributed by atoms with Crippen LogP contribution in [0.4, 0.5) is 0 Å². The maximum Gasteiger partial charge on any atom is 0.0441 e. The van der Waals surface area contributed by atoms with Gasteiger partial charge in [-0.2, -0.15) is 0 Å². The highest BCUT2D eigenvalue weighted by atomic mass is 79.9. The molecule has 2 aromatic rings. The van der Waals surface area contributed by atoms with E-state index in [1.54, 1.807) is 11.8 Å². The molecular weight excluding hydrogens is 354 g/mol. The second-order valence-electron chi connectivity index (χ2n) is 4.80. The van der Waals surface area contributed by atoms with Gasteiger partial charge in [0.05, 0.1) is 0 Å². The van der Waals surface area contributed by atoms with Gasteiger partial charge in [0.25, 0.3) is 0 Å². The summed E-state index contributed by atoms with van der Waals surface area (Å²) in [7, 11) is 0. The van der Waals surface area contributed by atoms with Crippen LogP contribution in [0.25, 0.3) is 0 Å². The first kappa shape index (κ1) is 15.9. The fraction of sp³-hybridized carbons (Fsp3) is 0.250. The molecule has 0 fully saturated rings. The Bertz CT molecular complexity index is 588. The van der Waals surface area contributed by atoms with Crippen LogP contribution < -0.4 is 5.73 Å². The number of hydrogen-bond donors (Lipinski definition) is 1. The predicted molar refractivity (Wildman–Crippen MR) is 92.7 cm³/mol. The molecule has 2 aromatic carbocycles. The standard InChI is InChI=1S/C16H17BrClNS/c1-11-6-7-12(15(18)8-11)9-13(19)10-20-16-5-3-2-4-14(16)17/h2-8,13H,9-10,19H2,1H3. The van der Waals surface area contributed by atoms with Crippen LogP contribution >= 0.6 is 39.3 Å². The lowest BCUT2D eigenvalue weighted by atomic mass is 10.1. The van der Waals surface area contributed by atoms with Crippen LogP contribution in [0, 0.1) is 6.92 Å². The maximum atomic E-state index is 6.25. The van der Waals surface area contributed by atoms with Crippen LogP contribution in [0.15, 0.2) is 51.8 Å². The minimum absolute atomic E-state index is 0.0901. The normalized spacial score (nSPS) is 12.4. The third kappa shape index (κ3) is 4.52. The van der Waals surface area contributed by atoms with Crippen molar-refractivity contribution in [2.75, 3.05) is 5.75 Å². The summed E-state index contributed by atoms with van der Waals surface area (Å²) in [6, 6.07) is 14.4. The average molecular weight is 371 g/mol. The van der Waals surface area contributed by atoms with Crippen molar-refractivity contribution >= 4 is 39.3 Å². The van der Waals surface area contributed by atoms with Gasteiger partial charge in [0.1, 0.15) is 0 Å². The Hall–Kier alpha value is -0.480. The summed E-state index contributed by atoms with van der Waals surface area (Å²) in [5.74, 6) is 0.868. The van der Waals surface area contributed by atoms with Gasteiger partial charge in [0.2, 0.25) is 0 Å². The molecule has 0 aliphatic rings. The van der Waals surface area contributed by atoms with Gasteiger partial charge < -0.3 is 5.73 Å². The molecular formula is C16H17BrClNS. The Balaban J connectivity index is 1.92. The third-order valence-corrected chi connectivity index (χ3v) is 5.55. The predicted octanol–water partition coefficient (Wildman–Crippen LogP) is 5.07. The van der Waals surface area contributed by atoms with E-state index in [0.29, 0.717) is 0 Å².